The monoisotopic (exact) mass is 329 g/mol. The number of ether oxygens (including phenoxy) is 2. The normalized spacial score (nSPS) is 44.9. The number of methoxy groups -OCH3 is 1. The Morgan fingerprint density at radius 3 is 2.62 bits per heavy atom. The van der Waals surface area contributed by atoms with Crippen LogP contribution in [0.4, 0.5) is 5.69 Å². The smallest absolute Gasteiger partial charge is 0.233 e. The van der Waals surface area contributed by atoms with Gasteiger partial charge in [0.15, 0.2) is 5.72 Å². The molecule has 1 aromatic carbocycles. The molecule has 5 rings (SSSR count). The number of hydrogen-bond acceptors (Lipinski definition) is 4. The molecule has 4 fully saturated rings. The quantitative estimate of drug-likeness (QED) is 0.922. The van der Waals surface area contributed by atoms with Gasteiger partial charge in [-0.05, 0) is 42.5 Å². The van der Waals surface area contributed by atoms with E-state index in [-0.39, 0.29) is 35.7 Å². The van der Waals surface area contributed by atoms with E-state index in [1.165, 1.54) is 0 Å². The molecule has 1 aromatic rings. The number of benzene rings is 1. The summed E-state index contributed by atoms with van der Waals surface area (Å²) in [5, 5.41) is 10.6. The van der Waals surface area contributed by atoms with Crippen molar-refractivity contribution < 1.29 is 19.4 Å². The Kier molecular flexibility index (Phi) is 2.78. The van der Waals surface area contributed by atoms with Gasteiger partial charge >= 0.3 is 0 Å². The van der Waals surface area contributed by atoms with Gasteiger partial charge in [0, 0.05) is 17.5 Å². The molecule has 4 aliphatic rings. The first kappa shape index (κ1) is 14.7. The number of amides is 1. The summed E-state index contributed by atoms with van der Waals surface area (Å²) in [5.74, 6) is 1.51. The molecule has 2 aliphatic heterocycles. The van der Waals surface area contributed by atoms with Crippen molar-refractivity contribution in [2.45, 2.75) is 38.2 Å². The van der Waals surface area contributed by atoms with Crippen LogP contribution >= 0.6 is 0 Å². The largest absolute Gasteiger partial charge is 0.497 e. The predicted molar refractivity (Wildman–Crippen MR) is 87.5 cm³/mol. The summed E-state index contributed by atoms with van der Waals surface area (Å²) in [7, 11) is 1.63. The van der Waals surface area contributed by atoms with E-state index in [1.807, 2.05) is 29.2 Å². The molecule has 1 N–H and O–H groups in total. The highest BCUT2D eigenvalue weighted by Crippen LogP contribution is 2.69. The lowest BCUT2D eigenvalue weighted by molar-refractivity contribution is -0.136. The first-order chi connectivity index (χ1) is 11.5. The fraction of sp³-hybridized carbons (Fsp3) is 0.632. The van der Waals surface area contributed by atoms with E-state index < -0.39 is 11.8 Å². The van der Waals surface area contributed by atoms with Crippen molar-refractivity contribution in [1.29, 1.82) is 0 Å². The average molecular weight is 329 g/mol. The Hall–Kier alpha value is -1.59. The van der Waals surface area contributed by atoms with E-state index in [0.717, 1.165) is 17.9 Å². The summed E-state index contributed by atoms with van der Waals surface area (Å²) < 4.78 is 11.7. The molecule has 1 amide bonds. The lowest BCUT2D eigenvalue weighted by atomic mass is 9.74. The lowest BCUT2D eigenvalue weighted by Crippen LogP contribution is -2.54. The van der Waals surface area contributed by atoms with E-state index in [9.17, 15) is 9.90 Å². The van der Waals surface area contributed by atoms with E-state index in [4.69, 9.17) is 9.47 Å². The molecule has 5 heteroatoms. The highest BCUT2D eigenvalue weighted by molar-refractivity contribution is 6.00. The number of rotatable bonds is 3. The molecule has 2 bridgehead atoms. The fourth-order valence-corrected chi connectivity index (χ4v) is 6.04. The van der Waals surface area contributed by atoms with Crippen molar-refractivity contribution in [3.05, 3.63) is 24.3 Å². The SMILES string of the molecule is COc1ccc(N2C(=O)[C@@H]3[C@H]4C[C@H]5[C@H](O[C@]2(C(C)C)[C@H]53)[C@H]4O)cc1. The lowest BCUT2D eigenvalue weighted by Gasteiger charge is -2.42. The summed E-state index contributed by atoms with van der Waals surface area (Å²) in [6.07, 6.45) is 0.323. The molecule has 0 unspecified atom stereocenters. The van der Waals surface area contributed by atoms with Crippen molar-refractivity contribution in [3.63, 3.8) is 0 Å². The minimum atomic E-state index is -0.627. The zero-order valence-electron chi connectivity index (χ0n) is 14.2. The Bertz CT molecular complexity index is 702. The van der Waals surface area contributed by atoms with Gasteiger partial charge in [-0.15, -0.1) is 0 Å². The summed E-state index contributed by atoms with van der Waals surface area (Å²) in [5.41, 5.74) is 0.233. The van der Waals surface area contributed by atoms with Crippen molar-refractivity contribution >= 4 is 11.6 Å². The molecule has 0 radical (unpaired) electrons. The third-order valence-corrected chi connectivity index (χ3v) is 6.87. The van der Waals surface area contributed by atoms with Crippen LogP contribution in [-0.4, -0.2) is 36.1 Å². The van der Waals surface area contributed by atoms with Gasteiger partial charge in [0.05, 0.1) is 25.2 Å². The number of carbonyl (C=O) groups excluding carboxylic acids is 1. The number of carbonyl (C=O) groups is 1. The Balaban J connectivity index is 1.65. The second-order valence-corrected chi connectivity index (χ2v) is 7.97. The topological polar surface area (TPSA) is 59.0 Å². The van der Waals surface area contributed by atoms with E-state index >= 15 is 0 Å². The van der Waals surface area contributed by atoms with Gasteiger partial charge in [-0.3, -0.25) is 9.69 Å². The second kappa shape index (κ2) is 4.52. The first-order valence-corrected chi connectivity index (χ1v) is 8.84. The molecule has 2 aliphatic carbocycles. The van der Waals surface area contributed by atoms with Gasteiger partial charge in [0.25, 0.3) is 0 Å². The van der Waals surface area contributed by atoms with Crippen LogP contribution in [0, 0.1) is 29.6 Å². The van der Waals surface area contributed by atoms with E-state index in [1.54, 1.807) is 7.11 Å². The maximum atomic E-state index is 13.3. The molecule has 24 heavy (non-hydrogen) atoms. The highest BCUT2D eigenvalue weighted by Gasteiger charge is 2.79. The third kappa shape index (κ3) is 1.43. The molecule has 128 valence electrons. The van der Waals surface area contributed by atoms with Gasteiger partial charge in [-0.2, -0.15) is 0 Å². The minimum absolute atomic E-state index is 0.0568. The number of fused-ring (bicyclic) bond motifs is 2. The minimum Gasteiger partial charge on any atom is -0.497 e. The van der Waals surface area contributed by atoms with Gasteiger partial charge in [0.1, 0.15) is 5.75 Å². The number of anilines is 1. The van der Waals surface area contributed by atoms with Crippen LogP contribution < -0.4 is 9.64 Å². The van der Waals surface area contributed by atoms with Crippen LogP contribution in [0.3, 0.4) is 0 Å². The standard InChI is InChI=1S/C19H23NO4/c1-9(2)19-15-13-8-12(16(21)17(13)24-19)14(15)18(22)20(19)10-4-6-11(23-3)7-5-10/h4-7,9,12-17,21H,8H2,1-3H3/t12-,13-,14-,15-,16+,17+,19-/m1/s1. The molecule has 7 atom stereocenters. The second-order valence-electron chi connectivity index (χ2n) is 7.97. The number of aliphatic hydroxyl groups excluding tert-OH is 1. The summed E-state index contributed by atoms with van der Waals surface area (Å²) >= 11 is 0. The molecule has 2 saturated heterocycles. The van der Waals surface area contributed by atoms with Crippen LogP contribution in [-0.2, 0) is 9.53 Å². The number of aliphatic hydroxyl groups is 1. The molecule has 2 heterocycles. The molecular weight excluding hydrogens is 306 g/mol. The molecule has 0 spiro atoms. The summed E-state index contributed by atoms with van der Waals surface area (Å²) in [4.78, 5) is 15.2. The van der Waals surface area contributed by atoms with Crippen LogP contribution in [0.2, 0.25) is 0 Å². The van der Waals surface area contributed by atoms with Gasteiger partial charge in [-0.1, -0.05) is 13.8 Å². The zero-order chi connectivity index (χ0) is 16.8. The number of nitrogens with zero attached hydrogens (tertiary/aromatic N) is 1. The molecule has 0 aromatic heterocycles. The van der Waals surface area contributed by atoms with E-state index in [2.05, 4.69) is 13.8 Å². The Labute approximate surface area is 141 Å². The average Bonchev–Trinajstić information content (AvgIpc) is 3.23. The van der Waals surface area contributed by atoms with Crippen molar-refractivity contribution in [1.82, 2.24) is 0 Å². The first-order valence-electron chi connectivity index (χ1n) is 8.84. The van der Waals surface area contributed by atoms with Crippen LogP contribution in [0.15, 0.2) is 24.3 Å². The maximum absolute atomic E-state index is 13.3. The van der Waals surface area contributed by atoms with Crippen LogP contribution in [0.25, 0.3) is 0 Å². The molecular formula is C19H23NO4. The summed E-state index contributed by atoms with van der Waals surface area (Å²) in [6, 6.07) is 7.63. The van der Waals surface area contributed by atoms with Gasteiger partial charge in [-0.25, -0.2) is 0 Å². The third-order valence-electron chi connectivity index (χ3n) is 6.87. The maximum Gasteiger partial charge on any atom is 0.233 e. The molecule has 2 saturated carbocycles. The van der Waals surface area contributed by atoms with Crippen molar-refractivity contribution in [2.24, 2.45) is 29.6 Å². The van der Waals surface area contributed by atoms with Gasteiger partial charge < -0.3 is 14.6 Å². The van der Waals surface area contributed by atoms with Gasteiger partial charge in [0.2, 0.25) is 5.91 Å². The zero-order valence-corrected chi connectivity index (χ0v) is 14.2. The highest BCUT2D eigenvalue weighted by atomic mass is 16.6. The summed E-state index contributed by atoms with van der Waals surface area (Å²) in [6.45, 7) is 4.24. The fourth-order valence-electron chi connectivity index (χ4n) is 6.04. The predicted octanol–water partition coefficient (Wildman–Crippen LogP) is 2.04. The van der Waals surface area contributed by atoms with Crippen LogP contribution in [0.5, 0.6) is 5.75 Å². The Morgan fingerprint density at radius 2 is 2.00 bits per heavy atom. The van der Waals surface area contributed by atoms with Crippen LogP contribution in [0.1, 0.15) is 20.3 Å². The number of hydrogen-bond donors (Lipinski definition) is 1. The van der Waals surface area contributed by atoms with Crippen molar-refractivity contribution in [2.75, 3.05) is 12.0 Å². The van der Waals surface area contributed by atoms with E-state index in [0.29, 0.717) is 5.92 Å². The van der Waals surface area contributed by atoms with Crippen molar-refractivity contribution in [3.8, 4) is 5.75 Å². The Morgan fingerprint density at radius 1 is 1.29 bits per heavy atom. The molecule has 5 nitrogen and oxygen atoms in total.